The van der Waals surface area contributed by atoms with Gasteiger partial charge in [0.25, 0.3) is 0 Å². The van der Waals surface area contributed by atoms with Gasteiger partial charge in [-0.25, -0.2) is 0 Å². The summed E-state index contributed by atoms with van der Waals surface area (Å²) in [4.78, 5) is 11.5. The lowest BCUT2D eigenvalue weighted by atomic mass is 9.87. The molecule has 1 aliphatic heterocycles. The summed E-state index contributed by atoms with van der Waals surface area (Å²) in [5.41, 5.74) is 9.36. The minimum absolute atomic E-state index is 0.142. The second-order valence-corrected chi connectivity index (χ2v) is 5.94. The smallest absolute Gasteiger partial charge is 0.224 e. The van der Waals surface area contributed by atoms with Gasteiger partial charge in [-0.05, 0) is 30.2 Å². The van der Waals surface area contributed by atoms with E-state index in [0.717, 1.165) is 33.8 Å². The number of carbonyl (C=O) groups excluding carboxylic acids is 1. The average molecular weight is 323 g/mol. The van der Waals surface area contributed by atoms with Gasteiger partial charge in [-0.15, -0.1) is 6.58 Å². The molecular weight excluding hydrogens is 302 g/mol. The maximum Gasteiger partial charge on any atom is 0.224 e. The van der Waals surface area contributed by atoms with Crippen molar-refractivity contribution in [2.75, 3.05) is 7.11 Å². The Kier molecular flexibility index (Phi) is 4.30. The molecule has 2 aromatic rings. The highest BCUT2D eigenvalue weighted by atomic mass is 16.5. The van der Waals surface area contributed by atoms with Crippen LogP contribution in [0.3, 0.4) is 0 Å². The Labute approximate surface area is 141 Å². The number of ether oxygens (including phenoxy) is 2. The minimum atomic E-state index is -0.348. The SMILES string of the molecule is C=CCC1Oc2cccc(OC)c2-c2ccc(C(C)C(N)=O)cc21. The molecule has 24 heavy (non-hydrogen) atoms. The number of primary amides is 1. The first-order chi connectivity index (χ1) is 11.6. The van der Waals surface area contributed by atoms with Crippen LogP contribution >= 0.6 is 0 Å². The molecule has 0 radical (unpaired) electrons. The number of carbonyl (C=O) groups is 1. The van der Waals surface area contributed by atoms with E-state index in [-0.39, 0.29) is 17.9 Å². The highest BCUT2D eigenvalue weighted by molar-refractivity contribution is 5.84. The molecule has 3 rings (SSSR count). The third-order valence-corrected chi connectivity index (χ3v) is 4.48. The van der Waals surface area contributed by atoms with Crippen molar-refractivity contribution >= 4 is 5.91 Å². The van der Waals surface area contributed by atoms with E-state index in [0.29, 0.717) is 6.42 Å². The number of benzene rings is 2. The molecule has 0 aliphatic carbocycles. The molecule has 0 aromatic heterocycles. The van der Waals surface area contributed by atoms with Gasteiger partial charge in [0.2, 0.25) is 5.91 Å². The fourth-order valence-corrected chi connectivity index (χ4v) is 3.10. The first-order valence-electron chi connectivity index (χ1n) is 7.95. The molecule has 2 aromatic carbocycles. The van der Waals surface area contributed by atoms with Crippen molar-refractivity contribution < 1.29 is 14.3 Å². The van der Waals surface area contributed by atoms with Gasteiger partial charge in [0.15, 0.2) is 0 Å². The van der Waals surface area contributed by atoms with Crippen LogP contribution in [0, 0.1) is 0 Å². The molecule has 0 saturated carbocycles. The Bertz CT molecular complexity index is 797. The fourth-order valence-electron chi connectivity index (χ4n) is 3.10. The standard InChI is InChI=1S/C20H21NO3/c1-4-6-16-15-11-13(12(2)20(21)22)9-10-14(15)19-17(23-3)7-5-8-18(19)24-16/h4-5,7-12,16H,1,6H2,2-3H3,(H2,21,22). The summed E-state index contributed by atoms with van der Waals surface area (Å²) in [5.74, 6) is 0.870. The normalized spacial score (nSPS) is 16.3. The van der Waals surface area contributed by atoms with E-state index in [1.165, 1.54) is 0 Å². The molecule has 2 N–H and O–H groups in total. The zero-order valence-corrected chi connectivity index (χ0v) is 13.9. The summed E-state index contributed by atoms with van der Waals surface area (Å²) in [6, 6.07) is 11.7. The number of nitrogens with two attached hydrogens (primary N) is 1. The van der Waals surface area contributed by atoms with E-state index in [2.05, 4.69) is 6.58 Å². The van der Waals surface area contributed by atoms with Crippen LogP contribution in [0.2, 0.25) is 0 Å². The second kappa shape index (κ2) is 6.40. The molecule has 0 saturated heterocycles. The number of rotatable bonds is 5. The van der Waals surface area contributed by atoms with Crippen LogP contribution in [0.5, 0.6) is 11.5 Å². The Morgan fingerprint density at radius 1 is 1.42 bits per heavy atom. The topological polar surface area (TPSA) is 61.6 Å². The Morgan fingerprint density at radius 2 is 2.21 bits per heavy atom. The zero-order chi connectivity index (χ0) is 17.3. The second-order valence-electron chi connectivity index (χ2n) is 5.94. The van der Waals surface area contributed by atoms with Gasteiger partial charge in [-0.2, -0.15) is 0 Å². The number of amides is 1. The summed E-state index contributed by atoms with van der Waals surface area (Å²) < 4.78 is 11.7. The zero-order valence-electron chi connectivity index (χ0n) is 13.9. The molecule has 2 atom stereocenters. The van der Waals surface area contributed by atoms with Crippen molar-refractivity contribution in [2.24, 2.45) is 5.73 Å². The third kappa shape index (κ3) is 2.64. The molecule has 0 spiro atoms. The maximum absolute atomic E-state index is 11.5. The quantitative estimate of drug-likeness (QED) is 0.847. The summed E-state index contributed by atoms with van der Waals surface area (Å²) in [6.07, 6.45) is 2.37. The van der Waals surface area contributed by atoms with Gasteiger partial charge in [0, 0.05) is 12.0 Å². The van der Waals surface area contributed by atoms with E-state index in [4.69, 9.17) is 15.2 Å². The molecule has 4 nitrogen and oxygen atoms in total. The van der Waals surface area contributed by atoms with Crippen molar-refractivity contribution in [1.29, 1.82) is 0 Å². The van der Waals surface area contributed by atoms with Crippen molar-refractivity contribution in [3.63, 3.8) is 0 Å². The van der Waals surface area contributed by atoms with Crippen molar-refractivity contribution in [2.45, 2.75) is 25.4 Å². The predicted octanol–water partition coefficient (Wildman–Crippen LogP) is 3.96. The van der Waals surface area contributed by atoms with E-state index in [9.17, 15) is 4.79 Å². The highest BCUT2D eigenvalue weighted by Gasteiger charge is 2.28. The van der Waals surface area contributed by atoms with Gasteiger partial charge in [0.05, 0.1) is 18.6 Å². The molecule has 4 heteroatoms. The van der Waals surface area contributed by atoms with Gasteiger partial charge in [-0.1, -0.05) is 30.3 Å². The van der Waals surface area contributed by atoms with Crippen molar-refractivity contribution in [1.82, 2.24) is 0 Å². The molecule has 0 bridgehead atoms. The Balaban J connectivity index is 2.19. The average Bonchev–Trinajstić information content (AvgIpc) is 2.60. The first kappa shape index (κ1) is 16.1. The van der Waals surface area contributed by atoms with Crippen molar-refractivity contribution in [3.05, 3.63) is 60.2 Å². The number of methoxy groups -OCH3 is 1. The third-order valence-electron chi connectivity index (χ3n) is 4.48. The van der Waals surface area contributed by atoms with Crippen molar-refractivity contribution in [3.8, 4) is 22.6 Å². The Hall–Kier alpha value is -2.75. The largest absolute Gasteiger partial charge is 0.496 e. The van der Waals surface area contributed by atoms with Crippen LogP contribution in [0.15, 0.2) is 49.1 Å². The highest BCUT2D eigenvalue weighted by Crippen LogP contribution is 2.48. The summed E-state index contributed by atoms with van der Waals surface area (Å²) in [5, 5.41) is 0. The van der Waals surface area contributed by atoms with E-state index >= 15 is 0 Å². The van der Waals surface area contributed by atoms with E-state index < -0.39 is 0 Å². The van der Waals surface area contributed by atoms with Gasteiger partial charge in [0.1, 0.15) is 17.6 Å². The summed E-state index contributed by atoms with van der Waals surface area (Å²) >= 11 is 0. The molecule has 2 unspecified atom stereocenters. The summed E-state index contributed by atoms with van der Waals surface area (Å²) in [7, 11) is 1.65. The van der Waals surface area contributed by atoms with E-state index in [1.807, 2.05) is 49.4 Å². The van der Waals surface area contributed by atoms with Crippen LogP contribution in [0.1, 0.15) is 36.5 Å². The van der Waals surface area contributed by atoms with E-state index in [1.54, 1.807) is 7.11 Å². The van der Waals surface area contributed by atoms with Gasteiger partial charge >= 0.3 is 0 Å². The molecule has 0 fully saturated rings. The lowest BCUT2D eigenvalue weighted by molar-refractivity contribution is -0.119. The molecule has 1 amide bonds. The molecular formula is C20H21NO3. The maximum atomic E-state index is 11.5. The number of hydrogen-bond acceptors (Lipinski definition) is 3. The van der Waals surface area contributed by atoms with Crippen LogP contribution in [0.25, 0.3) is 11.1 Å². The fraction of sp³-hybridized carbons (Fsp3) is 0.250. The van der Waals surface area contributed by atoms with Gasteiger partial charge in [-0.3, -0.25) is 4.79 Å². The monoisotopic (exact) mass is 323 g/mol. The number of fused-ring (bicyclic) bond motifs is 3. The lowest BCUT2D eigenvalue weighted by Crippen LogP contribution is -2.20. The van der Waals surface area contributed by atoms with Gasteiger partial charge < -0.3 is 15.2 Å². The van der Waals surface area contributed by atoms with Crippen LogP contribution in [0.4, 0.5) is 0 Å². The van der Waals surface area contributed by atoms with Crippen LogP contribution in [-0.4, -0.2) is 13.0 Å². The van der Waals surface area contributed by atoms with Crippen LogP contribution in [-0.2, 0) is 4.79 Å². The minimum Gasteiger partial charge on any atom is -0.496 e. The molecule has 1 aliphatic rings. The first-order valence-corrected chi connectivity index (χ1v) is 7.95. The van der Waals surface area contributed by atoms with Crippen LogP contribution < -0.4 is 15.2 Å². The number of hydrogen-bond donors (Lipinski definition) is 1. The lowest BCUT2D eigenvalue weighted by Gasteiger charge is -2.30. The Morgan fingerprint density at radius 3 is 2.88 bits per heavy atom. The molecule has 124 valence electrons. The predicted molar refractivity (Wildman–Crippen MR) is 94.2 cm³/mol. The molecule has 1 heterocycles. The summed E-state index contributed by atoms with van der Waals surface area (Å²) in [6.45, 7) is 5.63.